The van der Waals surface area contributed by atoms with Gasteiger partial charge in [0.05, 0.1) is 24.5 Å². The molecule has 8 nitrogen and oxygen atoms in total. The lowest BCUT2D eigenvalue weighted by molar-refractivity contribution is -0.116. The predicted molar refractivity (Wildman–Crippen MR) is 133 cm³/mol. The van der Waals surface area contributed by atoms with Crippen LogP contribution >= 0.6 is 0 Å². The van der Waals surface area contributed by atoms with Crippen LogP contribution in [0.2, 0.25) is 0 Å². The SMILES string of the molecule is O=C(CCCN1C(=O)c2ccccc2N2C(=O)c3ccccc3[C@@H]12)Nc1ccc2c(c1)OCCCO2. The maximum atomic E-state index is 13.5. The molecule has 0 radical (unpaired) electrons. The first-order valence-electron chi connectivity index (χ1n) is 12.1. The van der Waals surface area contributed by atoms with Crippen LogP contribution in [0.4, 0.5) is 11.4 Å². The number of anilines is 2. The lowest BCUT2D eigenvalue weighted by Crippen LogP contribution is -2.48. The first-order valence-corrected chi connectivity index (χ1v) is 12.1. The van der Waals surface area contributed by atoms with Gasteiger partial charge >= 0.3 is 0 Å². The van der Waals surface area contributed by atoms with Gasteiger partial charge in [0.2, 0.25) is 5.91 Å². The highest BCUT2D eigenvalue weighted by Crippen LogP contribution is 2.45. The smallest absolute Gasteiger partial charge is 0.260 e. The summed E-state index contributed by atoms with van der Waals surface area (Å²) in [4.78, 5) is 42.8. The zero-order valence-electron chi connectivity index (χ0n) is 19.6. The third kappa shape index (κ3) is 3.75. The van der Waals surface area contributed by atoms with E-state index in [1.807, 2.05) is 30.3 Å². The summed E-state index contributed by atoms with van der Waals surface area (Å²) in [5.41, 5.74) is 3.16. The van der Waals surface area contributed by atoms with Crippen molar-refractivity contribution < 1.29 is 23.9 Å². The van der Waals surface area contributed by atoms with Crippen LogP contribution in [0.5, 0.6) is 11.5 Å². The van der Waals surface area contributed by atoms with Crippen LogP contribution in [0, 0.1) is 0 Å². The monoisotopic (exact) mass is 483 g/mol. The van der Waals surface area contributed by atoms with Crippen LogP contribution in [0.15, 0.2) is 66.7 Å². The Morgan fingerprint density at radius 1 is 0.889 bits per heavy atom. The normalized spacial score (nSPS) is 17.7. The number of fused-ring (bicyclic) bond motifs is 6. The summed E-state index contributed by atoms with van der Waals surface area (Å²) in [6, 6.07) is 19.9. The van der Waals surface area contributed by atoms with Crippen LogP contribution in [0.3, 0.4) is 0 Å². The summed E-state index contributed by atoms with van der Waals surface area (Å²) in [7, 11) is 0. The molecule has 3 aromatic rings. The van der Waals surface area contributed by atoms with Gasteiger partial charge in [-0.2, -0.15) is 0 Å². The number of amides is 3. The average Bonchev–Trinajstić information content (AvgIpc) is 3.03. The Kier molecular flexibility index (Phi) is 5.56. The molecule has 0 aromatic heterocycles. The minimum Gasteiger partial charge on any atom is -0.490 e. The van der Waals surface area contributed by atoms with E-state index in [4.69, 9.17) is 9.47 Å². The summed E-state index contributed by atoms with van der Waals surface area (Å²) in [6.45, 7) is 1.51. The summed E-state index contributed by atoms with van der Waals surface area (Å²) < 4.78 is 11.3. The molecule has 3 heterocycles. The predicted octanol–water partition coefficient (Wildman–Crippen LogP) is 4.38. The minimum atomic E-state index is -0.513. The summed E-state index contributed by atoms with van der Waals surface area (Å²) in [5, 5.41) is 2.90. The molecule has 182 valence electrons. The number of hydrogen-bond donors (Lipinski definition) is 1. The summed E-state index contributed by atoms with van der Waals surface area (Å²) in [5.74, 6) is 0.874. The van der Waals surface area contributed by atoms with Gasteiger partial charge in [-0.05, 0) is 36.8 Å². The zero-order chi connectivity index (χ0) is 24.6. The van der Waals surface area contributed by atoms with Crippen LogP contribution in [-0.4, -0.2) is 42.4 Å². The first kappa shape index (κ1) is 22.2. The van der Waals surface area contributed by atoms with E-state index < -0.39 is 6.17 Å². The van der Waals surface area contributed by atoms with Gasteiger partial charge in [0, 0.05) is 42.3 Å². The van der Waals surface area contributed by atoms with Crippen molar-refractivity contribution in [2.75, 3.05) is 30.0 Å². The van der Waals surface area contributed by atoms with Crippen LogP contribution in [-0.2, 0) is 4.79 Å². The van der Waals surface area contributed by atoms with Crippen molar-refractivity contribution >= 4 is 29.1 Å². The number of carbonyl (C=O) groups excluding carboxylic acids is 3. The number of benzene rings is 3. The Bertz CT molecular complexity index is 1370. The van der Waals surface area contributed by atoms with Crippen molar-refractivity contribution in [1.29, 1.82) is 0 Å². The third-order valence-corrected chi connectivity index (χ3v) is 6.72. The van der Waals surface area contributed by atoms with Crippen molar-refractivity contribution in [3.05, 3.63) is 83.4 Å². The topological polar surface area (TPSA) is 88.2 Å². The average molecular weight is 484 g/mol. The number of nitrogens with zero attached hydrogens (tertiary/aromatic N) is 2. The molecule has 0 spiro atoms. The van der Waals surface area contributed by atoms with Gasteiger partial charge < -0.3 is 19.7 Å². The Hall–Kier alpha value is -4.33. The van der Waals surface area contributed by atoms with E-state index in [0.29, 0.717) is 60.2 Å². The second kappa shape index (κ2) is 9.03. The number of nitrogens with one attached hydrogen (secondary N) is 1. The lowest BCUT2D eigenvalue weighted by Gasteiger charge is -2.41. The number of carbonyl (C=O) groups is 3. The standard InChI is InChI=1S/C28H25N3O5/c32-25(29-18-12-13-23-24(17-18)36-16-6-15-35-23)11-5-14-30-26-19-7-1-2-8-20(19)28(34)31(26)22-10-4-3-9-21(22)27(30)33/h1-4,7-10,12-13,17,26H,5-6,11,14-16H2,(H,29,32)/t26-/m0/s1. The maximum absolute atomic E-state index is 13.5. The van der Waals surface area contributed by atoms with E-state index in [9.17, 15) is 14.4 Å². The van der Waals surface area contributed by atoms with Gasteiger partial charge in [0.15, 0.2) is 11.5 Å². The van der Waals surface area contributed by atoms with Crippen molar-refractivity contribution in [3.8, 4) is 11.5 Å². The molecule has 8 heteroatoms. The molecular formula is C28H25N3O5. The second-order valence-electron chi connectivity index (χ2n) is 9.02. The van der Waals surface area contributed by atoms with Crippen LogP contribution in [0.1, 0.15) is 51.7 Å². The molecule has 0 saturated heterocycles. The zero-order valence-corrected chi connectivity index (χ0v) is 19.6. The van der Waals surface area contributed by atoms with Crippen LogP contribution < -0.4 is 19.7 Å². The van der Waals surface area contributed by atoms with E-state index >= 15 is 0 Å². The largest absolute Gasteiger partial charge is 0.490 e. The molecule has 6 rings (SSSR count). The van der Waals surface area contributed by atoms with Gasteiger partial charge in [-0.1, -0.05) is 30.3 Å². The molecule has 0 fully saturated rings. The second-order valence-corrected chi connectivity index (χ2v) is 9.02. The fourth-order valence-electron chi connectivity index (χ4n) is 5.07. The lowest BCUT2D eigenvalue weighted by atomic mass is 10.0. The molecular weight excluding hydrogens is 458 g/mol. The number of hydrogen-bond acceptors (Lipinski definition) is 5. The highest BCUT2D eigenvalue weighted by atomic mass is 16.5. The van der Waals surface area contributed by atoms with E-state index in [1.165, 1.54) is 0 Å². The van der Waals surface area contributed by atoms with E-state index in [0.717, 1.165) is 12.0 Å². The molecule has 0 unspecified atom stereocenters. The molecule has 3 aliphatic heterocycles. The first-order chi connectivity index (χ1) is 17.6. The minimum absolute atomic E-state index is 0.118. The quantitative estimate of drug-likeness (QED) is 0.582. The number of para-hydroxylation sites is 1. The Labute approximate surface area is 208 Å². The van der Waals surface area contributed by atoms with Crippen molar-refractivity contribution in [2.45, 2.75) is 25.4 Å². The van der Waals surface area contributed by atoms with Crippen molar-refractivity contribution in [1.82, 2.24) is 4.90 Å². The van der Waals surface area contributed by atoms with E-state index in [-0.39, 0.29) is 24.1 Å². The van der Waals surface area contributed by atoms with Gasteiger partial charge in [0.1, 0.15) is 6.17 Å². The van der Waals surface area contributed by atoms with Gasteiger partial charge in [-0.3, -0.25) is 19.3 Å². The van der Waals surface area contributed by atoms with Crippen molar-refractivity contribution in [3.63, 3.8) is 0 Å². The Balaban J connectivity index is 1.17. The molecule has 3 aliphatic rings. The van der Waals surface area contributed by atoms with Crippen LogP contribution in [0.25, 0.3) is 0 Å². The van der Waals surface area contributed by atoms with Gasteiger partial charge in [0.25, 0.3) is 11.8 Å². The number of rotatable bonds is 5. The highest BCUT2D eigenvalue weighted by molar-refractivity contribution is 6.16. The fourth-order valence-corrected chi connectivity index (χ4v) is 5.07. The molecule has 1 atom stereocenters. The molecule has 3 amide bonds. The fraction of sp³-hybridized carbons (Fsp3) is 0.250. The molecule has 0 saturated carbocycles. The molecule has 0 bridgehead atoms. The number of ether oxygens (including phenoxy) is 2. The Morgan fingerprint density at radius 2 is 1.64 bits per heavy atom. The Morgan fingerprint density at radius 3 is 2.50 bits per heavy atom. The van der Waals surface area contributed by atoms with Gasteiger partial charge in [-0.15, -0.1) is 0 Å². The third-order valence-electron chi connectivity index (χ3n) is 6.72. The van der Waals surface area contributed by atoms with Crippen molar-refractivity contribution in [2.24, 2.45) is 0 Å². The summed E-state index contributed by atoms with van der Waals surface area (Å²) in [6.07, 6.45) is 0.971. The van der Waals surface area contributed by atoms with E-state index in [2.05, 4.69) is 5.32 Å². The molecule has 1 N–H and O–H groups in total. The van der Waals surface area contributed by atoms with Gasteiger partial charge in [-0.25, -0.2) is 0 Å². The molecule has 36 heavy (non-hydrogen) atoms. The summed E-state index contributed by atoms with van der Waals surface area (Å²) >= 11 is 0. The maximum Gasteiger partial charge on any atom is 0.260 e. The molecule has 0 aliphatic carbocycles. The highest BCUT2D eigenvalue weighted by Gasteiger charge is 2.47. The van der Waals surface area contributed by atoms with E-state index in [1.54, 1.807) is 46.2 Å². The molecule has 3 aromatic carbocycles.